The minimum atomic E-state index is -0.349. The molecule has 2 aromatic heterocycles. The lowest BCUT2D eigenvalue weighted by Gasteiger charge is -2.29. The van der Waals surface area contributed by atoms with E-state index in [1.54, 1.807) is 19.2 Å². The number of likely N-dealkylation sites (N-methyl/N-ethyl adjacent to an activating group) is 1. The summed E-state index contributed by atoms with van der Waals surface area (Å²) < 4.78 is 26.2. The molecule has 168 valence electrons. The van der Waals surface area contributed by atoms with E-state index in [-0.39, 0.29) is 29.9 Å². The SMILES string of the molecule is CN(C[C@@H]1COc2ccccc2O1)C(=O)Cn1cnc2scc(-c3ccc(F)cc3)c2c1=O. The van der Waals surface area contributed by atoms with E-state index in [0.717, 1.165) is 5.56 Å². The highest BCUT2D eigenvalue weighted by molar-refractivity contribution is 7.17. The Morgan fingerprint density at radius 1 is 1.21 bits per heavy atom. The number of thiophene rings is 1. The number of aromatic nitrogens is 2. The minimum absolute atomic E-state index is 0.152. The van der Waals surface area contributed by atoms with Crippen LogP contribution in [-0.2, 0) is 11.3 Å². The number of fused-ring (bicyclic) bond motifs is 2. The average Bonchev–Trinajstić information content (AvgIpc) is 3.26. The summed E-state index contributed by atoms with van der Waals surface area (Å²) >= 11 is 1.33. The zero-order valence-electron chi connectivity index (χ0n) is 17.7. The van der Waals surface area contributed by atoms with Crippen molar-refractivity contribution in [3.8, 4) is 22.6 Å². The van der Waals surface area contributed by atoms with E-state index in [1.807, 2.05) is 29.6 Å². The summed E-state index contributed by atoms with van der Waals surface area (Å²) in [5, 5.41) is 2.24. The molecule has 0 spiro atoms. The quantitative estimate of drug-likeness (QED) is 0.451. The molecule has 0 N–H and O–H groups in total. The smallest absolute Gasteiger partial charge is 0.263 e. The van der Waals surface area contributed by atoms with Crippen molar-refractivity contribution < 1.29 is 18.7 Å². The van der Waals surface area contributed by atoms with Crippen LogP contribution < -0.4 is 15.0 Å². The maximum atomic E-state index is 13.3. The first kappa shape index (κ1) is 21.1. The second-order valence-electron chi connectivity index (χ2n) is 7.79. The van der Waals surface area contributed by atoms with Gasteiger partial charge in [0.05, 0.1) is 18.3 Å². The molecule has 1 aliphatic rings. The van der Waals surface area contributed by atoms with Crippen LogP contribution in [0.15, 0.2) is 65.0 Å². The third kappa shape index (κ3) is 4.19. The van der Waals surface area contributed by atoms with Gasteiger partial charge >= 0.3 is 0 Å². The number of carbonyl (C=O) groups is 1. The van der Waals surface area contributed by atoms with Gasteiger partial charge in [0.25, 0.3) is 5.56 Å². The number of carbonyl (C=O) groups excluding carboxylic acids is 1. The van der Waals surface area contributed by atoms with E-state index < -0.39 is 0 Å². The Morgan fingerprint density at radius 2 is 1.97 bits per heavy atom. The number of rotatable bonds is 5. The van der Waals surface area contributed by atoms with Gasteiger partial charge in [0.2, 0.25) is 5.91 Å². The normalized spacial score (nSPS) is 14.9. The van der Waals surface area contributed by atoms with Crippen LogP contribution in [0.2, 0.25) is 0 Å². The Kier molecular flexibility index (Phi) is 5.55. The predicted octanol–water partition coefficient (Wildman–Crippen LogP) is 3.56. The van der Waals surface area contributed by atoms with E-state index in [9.17, 15) is 14.0 Å². The molecule has 5 rings (SSSR count). The summed E-state index contributed by atoms with van der Waals surface area (Å²) in [5.74, 6) is 0.727. The number of hydrogen-bond donors (Lipinski definition) is 0. The first-order chi connectivity index (χ1) is 16.0. The van der Waals surface area contributed by atoms with E-state index in [1.165, 1.54) is 39.3 Å². The zero-order valence-corrected chi connectivity index (χ0v) is 18.5. The Labute approximate surface area is 192 Å². The Morgan fingerprint density at radius 3 is 2.76 bits per heavy atom. The molecule has 1 atom stereocenters. The summed E-state index contributed by atoms with van der Waals surface area (Å²) in [6.45, 7) is 0.496. The fraction of sp³-hybridized carbons (Fsp3) is 0.208. The first-order valence-electron chi connectivity index (χ1n) is 10.3. The van der Waals surface area contributed by atoms with Crippen LogP contribution in [0.4, 0.5) is 4.39 Å². The molecule has 0 aliphatic carbocycles. The molecule has 0 fully saturated rings. The van der Waals surface area contributed by atoms with Crippen LogP contribution in [0.1, 0.15) is 0 Å². The van der Waals surface area contributed by atoms with E-state index in [2.05, 4.69) is 4.98 Å². The van der Waals surface area contributed by atoms with Gasteiger partial charge in [-0.15, -0.1) is 11.3 Å². The van der Waals surface area contributed by atoms with E-state index in [0.29, 0.717) is 40.4 Å². The third-order valence-electron chi connectivity index (χ3n) is 5.49. The maximum absolute atomic E-state index is 13.3. The Balaban J connectivity index is 1.33. The van der Waals surface area contributed by atoms with Crippen molar-refractivity contribution in [1.29, 1.82) is 0 Å². The van der Waals surface area contributed by atoms with Crippen LogP contribution in [-0.4, -0.2) is 46.7 Å². The lowest BCUT2D eigenvalue weighted by atomic mass is 10.1. The van der Waals surface area contributed by atoms with Gasteiger partial charge in [-0.1, -0.05) is 24.3 Å². The van der Waals surface area contributed by atoms with Gasteiger partial charge in [0.15, 0.2) is 17.6 Å². The van der Waals surface area contributed by atoms with Crippen LogP contribution in [0.3, 0.4) is 0 Å². The van der Waals surface area contributed by atoms with Gasteiger partial charge in [-0.05, 0) is 29.8 Å². The molecule has 3 heterocycles. The largest absolute Gasteiger partial charge is 0.486 e. The molecule has 2 aromatic carbocycles. The summed E-state index contributed by atoms with van der Waals surface area (Å²) in [6, 6.07) is 13.3. The molecule has 7 nitrogen and oxygen atoms in total. The second-order valence-corrected chi connectivity index (χ2v) is 8.64. The highest BCUT2D eigenvalue weighted by atomic mass is 32.1. The number of amides is 1. The number of halogens is 1. The van der Waals surface area contributed by atoms with Gasteiger partial charge in [-0.25, -0.2) is 9.37 Å². The van der Waals surface area contributed by atoms with Gasteiger partial charge in [0.1, 0.15) is 23.8 Å². The molecule has 4 aromatic rings. The first-order valence-corrected chi connectivity index (χ1v) is 11.2. The molecule has 9 heteroatoms. The molecule has 1 amide bonds. The van der Waals surface area contributed by atoms with Crippen molar-refractivity contribution in [2.45, 2.75) is 12.6 Å². The zero-order chi connectivity index (χ0) is 22.9. The van der Waals surface area contributed by atoms with E-state index in [4.69, 9.17) is 9.47 Å². The number of para-hydroxylation sites is 2. The van der Waals surface area contributed by atoms with Crippen LogP contribution >= 0.6 is 11.3 Å². The Hall–Kier alpha value is -3.72. The van der Waals surface area contributed by atoms with Crippen molar-refractivity contribution in [3.63, 3.8) is 0 Å². The molecule has 0 bridgehead atoms. The van der Waals surface area contributed by atoms with Gasteiger partial charge in [-0.2, -0.15) is 0 Å². The van der Waals surface area contributed by atoms with Crippen LogP contribution in [0, 0.1) is 5.82 Å². The third-order valence-corrected chi connectivity index (χ3v) is 6.38. The van der Waals surface area contributed by atoms with Crippen molar-refractivity contribution >= 4 is 27.5 Å². The standard InChI is InChI=1S/C24H20FN3O4S/c1-27(10-17-12-31-19-4-2-3-5-20(19)32-17)21(29)11-28-14-26-23-22(24(28)30)18(13-33-23)15-6-8-16(25)9-7-15/h2-9,13-14,17H,10-12H2,1H3/t17-/m1/s1. The highest BCUT2D eigenvalue weighted by Gasteiger charge is 2.24. The molecule has 0 unspecified atom stereocenters. The van der Waals surface area contributed by atoms with Crippen molar-refractivity contribution in [1.82, 2.24) is 14.5 Å². The molecule has 1 aliphatic heterocycles. The van der Waals surface area contributed by atoms with Crippen molar-refractivity contribution in [3.05, 3.63) is 76.4 Å². The predicted molar refractivity (Wildman–Crippen MR) is 123 cm³/mol. The van der Waals surface area contributed by atoms with Gasteiger partial charge in [0, 0.05) is 18.0 Å². The summed E-state index contributed by atoms with van der Waals surface area (Å²) in [6.07, 6.45) is 1.07. The molecule has 0 radical (unpaired) electrons. The number of nitrogens with zero attached hydrogens (tertiary/aromatic N) is 3. The summed E-state index contributed by atoms with van der Waals surface area (Å²) in [4.78, 5) is 32.5. The topological polar surface area (TPSA) is 73.7 Å². The van der Waals surface area contributed by atoms with Gasteiger partial charge < -0.3 is 14.4 Å². The van der Waals surface area contributed by atoms with Gasteiger partial charge in [-0.3, -0.25) is 14.2 Å². The fourth-order valence-electron chi connectivity index (χ4n) is 3.75. The molecule has 33 heavy (non-hydrogen) atoms. The second kappa shape index (κ2) is 8.67. The maximum Gasteiger partial charge on any atom is 0.263 e. The monoisotopic (exact) mass is 465 g/mol. The van der Waals surface area contributed by atoms with E-state index >= 15 is 0 Å². The average molecular weight is 466 g/mol. The molecule has 0 saturated heterocycles. The summed E-state index contributed by atoms with van der Waals surface area (Å²) in [7, 11) is 1.66. The number of benzene rings is 2. The lowest BCUT2D eigenvalue weighted by Crippen LogP contribution is -2.43. The van der Waals surface area contributed by atoms with Crippen LogP contribution in [0.25, 0.3) is 21.3 Å². The molecular formula is C24H20FN3O4S. The lowest BCUT2D eigenvalue weighted by molar-refractivity contribution is -0.132. The minimum Gasteiger partial charge on any atom is -0.486 e. The molecule has 0 saturated carbocycles. The van der Waals surface area contributed by atoms with Crippen molar-refractivity contribution in [2.24, 2.45) is 0 Å². The highest BCUT2D eigenvalue weighted by Crippen LogP contribution is 2.32. The number of hydrogen-bond acceptors (Lipinski definition) is 6. The van der Waals surface area contributed by atoms with Crippen LogP contribution in [0.5, 0.6) is 11.5 Å². The van der Waals surface area contributed by atoms with Crippen molar-refractivity contribution in [2.75, 3.05) is 20.2 Å². The fourth-order valence-corrected chi connectivity index (χ4v) is 4.66. The molecular weight excluding hydrogens is 445 g/mol. The number of ether oxygens (including phenoxy) is 2. The summed E-state index contributed by atoms with van der Waals surface area (Å²) in [5.41, 5.74) is 1.08. The Bertz CT molecular complexity index is 1380.